The molecule has 0 radical (unpaired) electrons. The van der Waals surface area contributed by atoms with Crippen LogP contribution in [0.2, 0.25) is 0 Å². The molecule has 3 aliphatic heterocycles. The molecule has 3 saturated heterocycles. The number of likely N-dealkylation sites (tertiary alicyclic amines) is 1. The van der Waals surface area contributed by atoms with Crippen molar-refractivity contribution in [3.63, 3.8) is 0 Å². The van der Waals surface area contributed by atoms with Crippen LogP contribution in [0.4, 0.5) is 0 Å². The number of nitrogens with one attached hydrogen (secondary N) is 2. The number of halogens is 1. The van der Waals surface area contributed by atoms with Crippen LogP contribution in [0.3, 0.4) is 0 Å². The van der Waals surface area contributed by atoms with Gasteiger partial charge in [-0.1, -0.05) is 0 Å². The maximum absolute atomic E-state index is 11.7. The van der Waals surface area contributed by atoms with Crippen molar-refractivity contribution in [2.75, 3.05) is 32.7 Å². The lowest BCUT2D eigenvalue weighted by Gasteiger charge is -2.38. The zero-order chi connectivity index (χ0) is 11.7. The normalized spacial score (nSPS) is 33.7. The molecule has 0 bridgehead atoms. The van der Waals surface area contributed by atoms with Gasteiger partial charge in [0.05, 0.1) is 5.92 Å². The summed E-state index contributed by atoms with van der Waals surface area (Å²) >= 11 is 0. The van der Waals surface area contributed by atoms with Crippen molar-refractivity contribution in [2.24, 2.45) is 11.8 Å². The predicted octanol–water partition coefficient (Wildman–Crippen LogP) is 0.618. The standard InChI is InChI=1S/C13H23N3O.ClH/c17-13-11-2-1-7-16(12(11)8-15-13)9-10-3-5-14-6-4-10;/h10-12,14H,1-9H2,(H,15,17);1H/t11-,12-;/m1./s1. The van der Waals surface area contributed by atoms with Crippen LogP contribution in [0.1, 0.15) is 25.7 Å². The highest BCUT2D eigenvalue weighted by Crippen LogP contribution is 2.28. The lowest BCUT2D eigenvalue weighted by molar-refractivity contribution is -0.124. The van der Waals surface area contributed by atoms with Gasteiger partial charge in [0, 0.05) is 19.1 Å². The summed E-state index contributed by atoms with van der Waals surface area (Å²) in [6, 6.07) is 0.492. The van der Waals surface area contributed by atoms with E-state index in [1.807, 2.05) is 0 Å². The van der Waals surface area contributed by atoms with Gasteiger partial charge in [-0.3, -0.25) is 9.69 Å². The monoisotopic (exact) mass is 273 g/mol. The fourth-order valence-corrected chi connectivity index (χ4v) is 3.66. The number of piperidine rings is 2. The van der Waals surface area contributed by atoms with E-state index in [1.54, 1.807) is 0 Å². The van der Waals surface area contributed by atoms with Crippen molar-refractivity contribution in [1.29, 1.82) is 0 Å². The van der Waals surface area contributed by atoms with Crippen LogP contribution in [0.25, 0.3) is 0 Å². The van der Waals surface area contributed by atoms with Gasteiger partial charge in [-0.15, -0.1) is 12.4 Å². The smallest absolute Gasteiger partial charge is 0.224 e. The minimum atomic E-state index is 0. The third-order valence-electron chi connectivity index (χ3n) is 4.67. The summed E-state index contributed by atoms with van der Waals surface area (Å²) in [4.78, 5) is 14.3. The van der Waals surface area contributed by atoms with Crippen LogP contribution in [0.5, 0.6) is 0 Å². The van der Waals surface area contributed by atoms with E-state index in [-0.39, 0.29) is 18.3 Å². The molecule has 3 fully saturated rings. The maximum atomic E-state index is 11.7. The first-order chi connectivity index (χ1) is 8.34. The first-order valence-electron chi connectivity index (χ1n) is 7.07. The number of amides is 1. The SMILES string of the molecule is Cl.O=C1NC[C@@H]2[C@H]1CCCN2CC1CCNCC1. The van der Waals surface area contributed by atoms with Crippen LogP contribution in [-0.4, -0.2) is 49.6 Å². The number of carbonyl (C=O) groups is 1. The average molecular weight is 274 g/mol. The molecule has 1 amide bonds. The molecule has 0 aliphatic carbocycles. The second-order valence-corrected chi connectivity index (χ2v) is 5.75. The Labute approximate surface area is 115 Å². The predicted molar refractivity (Wildman–Crippen MR) is 73.9 cm³/mol. The van der Waals surface area contributed by atoms with Gasteiger partial charge in [0.2, 0.25) is 5.91 Å². The van der Waals surface area contributed by atoms with Gasteiger partial charge in [-0.05, 0) is 51.2 Å². The molecule has 18 heavy (non-hydrogen) atoms. The molecule has 2 atom stereocenters. The van der Waals surface area contributed by atoms with Crippen LogP contribution in [0.15, 0.2) is 0 Å². The zero-order valence-electron chi connectivity index (χ0n) is 10.9. The summed E-state index contributed by atoms with van der Waals surface area (Å²) in [7, 11) is 0. The summed E-state index contributed by atoms with van der Waals surface area (Å²) in [6.45, 7) is 5.62. The van der Waals surface area contributed by atoms with E-state index < -0.39 is 0 Å². The summed E-state index contributed by atoms with van der Waals surface area (Å²) < 4.78 is 0. The van der Waals surface area contributed by atoms with Gasteiger partial charge in [0.25, 0.3) is 0 Å². The molecule has 5 heteroatoms. The van der Waals surface area contributed by atoms with E-state index in [9.17, 15) is 4.79 Å². The number of hydrogen-bond donors (Lipinski definition) is 2. The van der Waals surface area contributed by atoms with Gasteiger partial charge < -0.3 is 10.6 Å². The first-order valence-corrected chi connectivity index (χ1v) is 7.07. The molecule has 0 saturated carbocycles. The quantitative estimate of drug-likeness (QED) is 0.775. The Morgan fingerprint density at radius 1 is 1.22 bits per heavy atom. The molecule has 4 nitrogen and oxygen atoms in total. The fourth-order valence-electron chi connectivity index (χ4n) is 3.66. The van der Waals surface area contributed by atoms with Crippen molar-refractivity contribution in [2.45, 2.75) is 31.7 Å². The molecule has 0 aromatic heterocycles. The molecule has 104 valence electrons. The maximum Gasteiger partial charge on any atom is 0.224 e. The van der Waals surface area contributed by atoms with E-state index >= 15 is 0 Å². The van der Waals surface area contributed by atoms with E-state index in [0.29, 0.717) is 11.9 Å². The molecular formula is C13H24ClN3O. The Morgan fingerprint density at radius 3 is 2.78 bits per heavy atom. The van der Waals surface area contributed by atoms with Crippen LogP contribution in [0, 0.1) is 11.8 Å². The van der Waals surface area contributed by atoms with Gasteiger partial charge in [0.15, 0.2) is 0 Å². The summed E-state index contributed by atoms with van der Waals surface area (Å²) in [5, 5.41) is 6.46. The van der Waals surface area contributed by atoms with E-state index in [1.165, 1.54) is 45.4 Å². The molecule has 3 aliphatic rings. The number of hydrogen-bond acceptors (Lipinski definition) is 3. The largest absolute Gasteiger partial charge is 0.354 e. The highest BCUT2D eigenvalue weighted by Gasteiger charge is 2.41. The van der Waals surface area contributed by atoms with Crippen molar-refractivity contribution in [1.82, 2.24) is 15.5 Å². The Kier molecular flexibility index (Phi) is 4.87. The first kappa shape index (κ1) is 14.1. The highest BCUT2D eigenvalue weighted by molar-refractivity contribution is 5.85. The second-order valence-electron chi connectivity index (χ2n) is 5.75. The Balaban J connectivity index is 0.00000120. The number of carbonyl (C=O) groups excluding carboxylic acids is 1. The minimum Gasteiger partial charge on any atom is -0.354 e. The zero-order valence-corrected chi connectivity index (χ0v) is 11.7. The van der Waals surface area contributed by atoms with Gasteiger partial charge in [-0.25, -0.2) is 0 Å². The summed E-state index contributed by atoms with van der Waals surface area (Å²) in [6.07, 6.45) is 4.89. The van der Waals surface area contributed by atoms with E-state index in [2.05, 4.69) is 15.5 Å². The molecule has 3 rings (SSSR count). The third kappa shape index (κ3) is 2.81. The van der Waals surface area contributed by atoms with Crippen LogP contribution >= 0.6 is 12.4 Å². The minimum absolute atomic E-state index is 0. The second kappa shape index (κ2) is 6.22. The van der Waals surface area contributed by atoms with E-state index in [4.69, 9.17) is 0 Å². The number of rotatable bonds is 2. The van der Waals surface area contributed by atoms with Crippen LogP contribution in [-0.2, 0) is 4.79 Å². The van der Waals surface area contributed by atoms with Crippen molar-refractivity contribution >= 4 is 18.3 Å². The Bertz CT molecular complexity index is 294. The van der Waals surface area contributed by atoms with Crippen molar-refractivity contribution in [3.8, 4) is 0 Å². The Morgan fingerprint density at radius 2 is 2.00 bits per heavy atom. The molecule has 0 aromatic rings. The molecule has 0 spiro atoms. The van der Waals surface area contributed by atoms with Gasteiger partial charge in [0.1, 0.15) is 0 Å². The third-order valence-corrected chi connectivity index (χ3v) is 4.67. The summed E-state index contributed by atoms with van der Waals surface area (Å²) in [5.74, 6) is 1.42. The number of fused-ring (bicyclic) bond motifs is 1. The topological polar surface area (TPSA) is 44.4 Å². The van der Waals surface area contributed by atoms with Gasteiger partial charge in [-0.2, -0.15) is 0 Å². The molecule has 0 unspecified atom stereocenters. The summed E-state index contributed by atoms with van der Waals surface area (Å²) in [5.41, 5.74) is 0. The lowest BCUT2D eigenvalue weighted by Crippen LogP contribution is -2.48. The van der Waals surface area contributed by atoms with Crippen molar-refractivity contribution in [3.05, 3.63) is 0 Å². The van der Waals surface area contributed by atoms with Gasteiger partial charge >= 0.3 is 0 Å². The lowest BCUT2D eigenvalue weighted by atomic mass is 9.89. The van der Waals surface area contributed by atoms with Crippen molar-refractivity contribution < 1.29 is 4.79 Å². The molecule has 0 aromatic carbocycles. The number of nitrogens with zero attached hydrogens (tertiary/aromatic N) is 1. The Hall–Kier alpha value is -0.320. The average Bonchev–Trinajstić information content (AvgIpc) is 2.74. The molecule has 2 N–H and O–H groups in total. The molecule has 3 heterocycles. The van der Waals surface area contributed by atoms with Crippen LogP contribution < -0.4 is 10.6 Å². The highest BCUT2D eigenvalue weighted by atomic mass is 35.5. The molecular weight excluding hydrogens is 250 g/mol. The fraction of sp³-hybridized carbons (Fsp3) is 0.923. The van der Waals surface area contributed by atoms with E-state index in [0.717, 1.165) is 18.9 Å².